The van der Waals surface area contributed by atoms with E-state index in [1.54, 1.807) is 0 Å². The summed E-state index contributed by atoms with van der Waals surface area (Å²) in [7, 11) is 0. The van der Waals surface area contributed by atoms with Crippen LogP contribution in [-0.4, -0.2) is 17.3 Å². The molecule has 0 spiro atoms. The van der Waals surface area contributed by atoms with E-state index >= 15 is 0 Å². The standard InChI is InChI=1S/C11H23NO/c1-8-4-5-11(13,9(2)6-8)10(3)7-12/h8-10,13H,4-7,12H2,1-3H3. The van der Waals surface area contributed by atoms with E-state index in [0.29, 0.717) is 12.5 Å². The Hall–Kier alpha value is -0.0800. The first kappa shape index (κ1) is 11.0. The Morgan fingerprint density at radius 1 is 1.54 bits per heavy atom. The van der Waals surface area contributed by atoms with Crippen molar-refractivity contribution in [3.8, 4) is 0 Å². The minimum atomic E-state index is -0.499. The summed E-state index contributed by atoms with van der Waals surface area (Å²) in [5.74, 6) is 1.39. The smallest absolute Gasteiger partial charge is 0.0710 e. The molecule has 0 bridgehead atoms. The van der Waals surface area contributed by atoms with Gasteiger partial charge >= 0.3 is 0 Å². The topological polar surface area (TPSA) is 46.2 Å². The van der Waals surface area contributed by atoms with Crippen molar-refractivity contribution in [2.75, 3.05) is 6.54 Å². The molecule has 0 aromatic carbocycles. The average Bonchev–Trinajstić information content (AvgIpc) is 2.11. The zero-order valence-corrected chi connectivity index (χ0v) is 9.09. The second-order valence-electron chi connectivity index (χ2n) is 4.91. The predicted molar refractivity (Wildman–Crippen MR) is 55.3 cm³/mol. The SMILES string of the molecule is CC1CCC(O)(C(C)CN)C(C)C1. The Kier molecular flexibility index (Phi) is 3.36. The van der Waals surface area contributed by atoms with E-state index in [1.165, 1.54) is 0 Å². The van der Waals surface area contributed by atoms with Crippen LogP contribution < -0.4 is 5.73 Å². The molecule has 1 saturated carbocycles. The normalized spacial score (nSPS) is 43.2. The molecule has 2 nitrogen and oxygen atoms in total. The van der Waals surface area contributed by atoms with Gasteiger partial charge in [-0.1, -0.05) is 20.8 Å². The van der Waals surface area contributed by atoms with Crippen molar-refractivity contribution in [1.82, 2.24) is 0 Å². The maximum absolute atomic E-state index is 10.4. The number of aliphatic hydroxyl groups is 1. The Labute approximate surface area is 81.5 Å². The molecule has 1 rings (SSSR count). The fraction of sp³-hybridized carbons (Fsp3) is 1.00. The highest BCUT2D eigenvalue weighted by Crippen LogP contribution is 2.40. The van der Waals surface area contributed by atoms with Crippen LogP contribution in [0, 0.1) is 17.8 Å². The molecule has 0 heterocycles. The maximum Gasteiger partial charge on any atom is 0.0710 e. The summed E-state index contributed by atoms with van der Waals surface area (Å²) < 4.78 is 0. The van der Waals surface area contributed by atoms with Gasteiger partial charge in [0.1, 0.15) is 0 Å². The van der Waals surface area contributed by atoms with Gasteiger partial charge in [0.25, 0.3) is 0 Å². The van der Waals surface area contributed by atoms with Crippen molar-refractivity contribution in [2.24, 2.45) is 23.5 Å². The number of rotatable bonds is 2. The van der Waals surface area contributed by atoms with Crippen LogP contribution in [0.4, 0.5) is 0 Å². The summed E-state index contributed by atoms with van der Waals surface area (Å²) in [4.78, 5) is 0. The zero-order chi connectivity index (χ0) is 10.1. The summed E-state index contributed by atoms with van der Waals surface area (Å²) in [6, 6.07) is 0. The number of nitrogens with two attached hydrogens (primary N) is 1. The van der Waals surface area contributed by atoms with Crippen LogP contribution in [0.3, 0.4) is 0 Å². The molecule has 1 fully saturated rings. The van der Waals surface area contributed by atoms with Gasteiger partial charge in [0, 0.05) is 0 Å². The number of hydrogen-bond acceptors (Lipinski definition) is 2. The minimum Gasteiger partial charge on any atom is -0.389 e. The second-order valence-corrected chi connectivity index (χ2v) is 4.91. The van der Waals surface area contributed by atoms with Crippen molar-refractivity contribution in [2.45, 2.75) is 45.6 Å². The fourth-order valence-electron chi connectivity index (χ4n) is 2.59. The molecule has 4 atom stereocenters. The first-order valence-electron chi connectivity index (χ1n) is 5.43. The number of hydrogen-bond donors (Lipinski definition) is 2. The molecule has 78 valence electrons. The van der Waals surface area contributed by atoms with Crippen molar-refractivity contribution in [3.05, 3.63) is 0 Å². The van der Waals surface area contributed by atoms with Gasteiger partial charge in [0.15, 0.2) is 0 Å². The summed E-state index contributed by atoms with van der Waals surface area (Å²) in [5, 5.41) is 10.4. The van der Waals surface area contributed by atoms with E-state index in [9.17, 15) is 5.11 Å². The first-order valence-corrected chi connectivity index (χ1v) is 5.43. The monoisotopic (exact) mass is 185 g/mol. The Balaban J connectivity index is 2.67. The molecular formula is C11H23NO. The molecule has 4 unspecified atom stereocenters. The van der Waals surface area contributed by atoms with E-state index in [4.69, 9.17) is 5.73 Å². The quantitative estimate of drug-likeness (QED) is 0.688. The van der Waals surface area contributed by atoms with Crippen LogP contribution in [0.15, 0.2) is 0 Å². The molecule has 0 aliphatic heterocycles. The van der Waals surface area contributed by atoms with Gasteiger partial charge in [-0.15, -0.1) is 0 Å². The van der Waals surface area contributed by atoms with Gasteiger partial charge in [-0.25, -0.2) is 0 Å². The van der Waals surface area contributed by atoms with Gasteiger partial charge in [-0.2, -0.15) is 0 Å². The molecule has 0 aromatic rings. The van der Waals surface area contributed by atoms with Gasteiger partial charge in [-0.05, 0) is 43.6 Å². The molecule has 2 heteroatoms. The van der Waals surface area contributed by atoms with Gasteiger partial charge < -0.3 is 10.8 Å². The lowest BCUT2D eigenvalue weighted by molar-refractivity contribution is -0.0903. The van der Waals surface area contributed by atoms with Crippen LogP contribution in [-0.2, 0) is 0 Å². The van der Waals surface area contributed by atoms with Crippen LogP contribution >= 0.6 is 0 Å². The minimum absolute atomic E-state index is 0.231. The van der Waals surface area contributed by atoms with E-state index in [-0.39, 0.29) is 5.92 Å². The zero-order valence-electron chi connectivity index (χ0n) is 9.09. The molecular weight excluding hydrogens is 162 g/mol. The van der Waals surface area contributed by atoms with E-state index < -0.39 is 5.60 Å². The molecule has 13 heavy (non-hydrogen) atoms. The summed E-state index contributed by atoms with van der Waals surface area (Å²) in [5.41, 5.74) is 5.13. The van der Waals surface area contributed by atoms with Crippen molar-refractivity contribution in [3.63, 3.8) is 0 Å². The van der Waals surface area contributed by atoms with Crippen LogP contribution in [0.25, 0.3) is 0 Å². The Morgan fingerprint density at radius 3 is 2.62 bits per heavy atom. The van der Waals surface area contributed by atoms with Crippen molar-refractivity contribution in [1.29, 1.82) is 0 Å². The summed E-state index contributed by atoms with van der Waals surface area (Å²) >= 11 is 0. The molecule has 1 aliphatic rings. The molecule has 0 amide bonds. The predicted octanol–water partition coefficient (Wildman–Crippen LogP) is 1.77. The van der Waals surface area contributed by atoms with Crippen LogP contribution in [0.5, 0.6) is 0 Å². The molecule has 0 radical (unpaired) electrons. The van der Waals surface area contributed by atoms with Crippen LogP contribution in [0.2, 0.25) is 0 Å². The maximum atomic E-state index is 10.4. The van der Waals surface area contributed by atoms with E-state index in [2.05, 4.69) is 20.8 Å². The largest absolute Gasteiger partial charge is 0.389 e. The third-order valence-electron chi connectivity index (χ3n) is 3.85. The third-order valence-corrected chi connectivity index (χ3v) is 3.85. The van der Waals surface area contributed by atoms with Crippen molar-refractivity contribution < 1.29 is 5.11 Å². The third kappa shape index (κ3) is 2.05. The molecule has 1 aliphatic carbocycles. The van der Waals surface area contributed by atoms with E-state index in [0.717, 1.165) is 25.2 Å². The first-order chi connectivity index (χ1) is 6.00. The lowest BCUT2D eigenvalue weighted by Gasteiger charge is -2.44. The highest BCUT2D eigenvalue weighted by Gasteiger charge is 2.41. The summed E-state index contributed by atoms with van der Waals surface area (Å²) in [6.07, 6.45) is 3.21. The average molecular weight is 185 g/mol. The van der Waals surface area contributed by atoms with E-state index in [1.807, 2.05) is 0 Å². The van der Waals surface area contributed by atoms with Gasteiger partial charge in [-0.3, -0.25) is 0 Å². The highest BCUT2D eigenvalue weighted by atomic mass is 16.3. The Morgan fingerprint density at radius 2 is 2.15 bits per heavy atom. The second kappa shape index (κ2) is 3.97. The Bertz CT molecular complexity index is 171. The lowest BCUT2D eigenvalue weighted by Crippen LogP contribution is -2.48. The van der Waals surface area contributed by atoms with Crippen LogP contribution in [0.1, 0.15) is 40.0 Å². The van der Waals surface area contributed by atoms with Gasteiger partial charge in [0.05, 0.1) is 5.60 Å². The molecule has 3 N–H and O–H groups in total. The fourth-order valence-corrected chi connectivity index (χ4v) is 2.59. The molecule has 0 aromatic heterocycles. The summed E-state index contributed by atoms with van der Waals surface area (Å²) in [6.45, 7) is 7.08. The highest BCUT2D eigenvalue weighted by molar-refractivity contribution is 4.93. The molecule has 0 saturated heterocycles. The van der Waals surface area contributed by atoms with Crippen molar-refractivity contribution >= 4 is 0 Å². The lowest BCUT2D eigenvalue weighted by atomic mass is 9.67. The van der Waals surface area contributed by atoms with Gasteiger partial charge in [0.2, 0.25) is 0 Å².